The molecule has 128 valence electrons. The lowest BCUT2D eigenvalue weighted by Crippen LogP contribution is -2.15. The highest BCUT2D eigenvalue weighted by Gasteiger charge is 2.65. The van der Waals surface area contributed by atoms with Crippen LogP contribution in [0.25, 0.3) is 0 Å². The number of rotatable bonds is 3. The van der Waals surface area contributed by atoms with Gasteiger partial charge < -0.3 is 5.32 Å². The normalized spacial score (nSPS) is 35.7. The Bertz CT molecular complexity index is 670. The number of non-ortho nitro benzene ring substituents is 1. The largest absolute Gasteiger partial charge is 0.326 e. The molecular weight excluding hydrogens is 351 g/mol. The van der Waals surface area contributed by atoms with E-state index in [-0.39, 0.29) is 17.5 Å². The minimum atomic E-state index is -0.534. The third-order valence-electron chi connectivity index (χ3n) is 5.97. The van der Waals surface area contributed by atoms with E-state index in [2.05, 4.69) is 5.32 Å². The van der Waals surface area contributed by atoms with Gasteiger partial charge in [-0.25, -0.2) is 0 Å². The summed E-state index contributed by atoms with van der Waals surface area (Å²) in [6.07, 6.45) is 4.01. The molecule has 0 aromatic heterocycles. The topological polar surface area (TPSA) is 72.2 Å². The highest BCUT2D eigenvalue weighted by molar-refractivity contribution is 6.51. The highest BCUT2D eigenvalue weighted by Crippen LogP contribution is 2.67. The molecule has 3 aliphatic carbocycles. The molecule has 0 bridgehead atoms. The fraction of sp³-hybridized carbons (Fsp3) is 0.588. The first-order valence-electron chi connectivity index (χ1n) is 8.32. The van der Waals surface area contributed by atoms with Crippen molar-refractivity contribution < 1.29 is 9.72 Å². The standard InChI is InChI=1S/C17H18Cl2N2O3/c18-17(19)13-7-5-11-12(6-8-14(13)17)15(11)16(22)20-9-1-3-10(4-2-9)21(23)24/h1-4,11-15H,5-8H2,(H,20,22)/t11-,12-,13-,14+,15?/m1/s1. The van der Waals surface area contributed by atoms with Crippen molar-refractivity contribution in [2.75, 3.05) is 5.32 Å². The quantitative estimate of drug-likeness (QED) is 0.488. The molecular formula is C17H18Cl2N2O3. The van der Waals surface area contributed by atoms with Gasteiger partial charge >= 0.3 is 0 Å². The predicted molar refractivity (Wildman–Crippen MR) is 92.1 cm³/mol. The first-order chi connectivity index (χ1) is 11.4. The van der Waals surface area contributed by atoms with Gasteiger partial charge in [0.25, 0.3) is 5.69 Å². The van der Waals surface area contributed by atoms with Gasteiger partial charge in [0, 0.05) is 23.7 Å². The van der Waals surface area contributed by atoms with Crippen LogP contribution in [0.4, 0.5) is 11.4 Å². The molecule has 0 spiro atoms. The lowest BCUT2D eigenvalue weighted by molar-refractivity contribution is -0.384. The number of nitro groups is 1. The lowest BCUT2D eigenvalue weighted by Gasteiger charge is -2.05. The molecule has 1 N–H and O–H groups in total. The summed E-state index contributed by atoms with van der Waals surface area (Å²) in [5, 5.41) is 13.6. The second-order valence-corrected chi connectivity index (χ2v) is 8.63. The Balaban J connectivity index is 1.36. The number of alkyl halides is 2. The summed E-state index contributed by atoms with van der Waals surface area (Å²) in [6.45, 7) is 0. The van der Waals surface area contributed by atoms with Gasteiger partial charge in [-0.3, -0.25) is 14.9 Å². The summed E-state index contributed by atoms with van der Waals surface area (Å²) < 4.78 is -0.534. The first kappa shape index (κ1) is 16.2. The monoisotopic (exact) mass is 368 g/mol. The van der Waals surface area contributed by atoms with Crippen LogP contribution in [0.2, 0.25) is 0 Å². The van der Waals surface area contributed by atoms with Crippen LogP contribution in [0.15, 0.2) is 24.3 Å². The molecule has 5 nitrogen and oxygen atoms in total. The zero-order valence-electron chi connectivity index (χ0n) is 13.0. The third kappa shape index (κ3) is 2.68. The molecule has 1 aromatic carbocycles. The summed E-state index contributed by atoms with van der Waals surface area (Å²) in [6, 6.07) is 5.95. The average molecular weight is 369 g/mol. The number of amides is 1. The van der Waals surface area contributed by atoms with Crippen molar-refractivity contribution in [3.05, 3.63) is 34.4 Å². The van der Waals surface area contributed by atoms with Crippen molar-refractivity contribution in [2.45, 2.75) is 30.0 Å². The van der Waals surface area contributed by atoms with Crippen LogP contribution in [-0.4, -0.2) is 15.2 Å². The molecule has 3 saturated carbocycles. The summed E-state index contributed by atoms with van der Waals surface area (Å²) in [5.74, 6) is 1.71. The Morgan fingerprint density at radius 2 is 1.62 bits per heavy atom. The zero-order chi connectivity index (χ0) is 17.1. The Morgan fingerprint density at radius 3 is 2.12 bits per heavy atom. The van der Waals surface area contributed by atoms with Crippen molar-refractivity contribution in [3.63, 3.8) is 0 Å². The summed E-state index contributed by atoms with van der Waals surface area (Å²) >= 11 is 12.6. The fourth-order valence-electron chi connectivity index (χ4n) is 4.51. The molecule has 3 aliphatic rings. The van der Waals surface area contributed by atoms with Gasteiger partial charge in [0.15, 0.2) is 0 Å². The van der Waals surface area contributed by atoms with Gasteiger partial charge in [-0.05, 0) is 61.5 Å². The van der Waals surface area contributed by atoms with Gasteiger partial charge in [-0.2, -0.15) is 0 Å². The SMILES string of the molecule is O=C(Nc1ccc([N+](=O)[O-])cc1)C1[C@@H]2CC[C@@H]3[C@H](CC[C@@H]12)C3(Cl)Cl. The van der Waals surface area contributed by atoms with Crippen LogP contribution in [0.1, 0.15) is 25.7 Å². The predicted octanol–water partition coefficient (Wildman–Crippen LogP) is 4.39. The molecule has 0 aliphatic heterocycles. The van der Waals surface area contributed by atoms with Crippen molar-refractivity contribution in [1.82, 2.24) is 0 Å². The fourth-order valence-corrected chi connectivity index (χ4v) is 5.42. The van der Waals surface area contributed by atoms with Crippen molar-refractivity contribution in [1.29, 1.82) is 0 Å². The summed E-state index contributed by atoms with van der Waals surface area (Å²) in [7, 11) is 0. The van der Waals surface area contributed by atoms with Crippen LogP contribution in [0, 0.1) is 39.7 Å². The molecule has 5 atom stereocenters. The molecule has 0 radical (unpaired) electrons. The van der Waals surface area contributed by atoms with Crippen LogP contribution in [0.3, 0.4) is 0 Å². The number of fused-ring (bicyclic) bond motifs is 2. The van der Waals surface area contributed by atoms with Gasteiger partial charge in [0.1, 0.15) is 4.33 Å². The number of anilines is 1. The number of nitrogens with one attached hydrogen (secondary N) is 1. The number of halogens is 2. The zero-order valence-corrected chi connectivity index (χ0v) is 14.5. The van der Waals surface area contributed by atoms with E-state index in [0.717, 1.165) is 25.7 Å². The summed E-state index contributed by atoms with van der Waals surface area (Å²) in [4.78, 5) is 22.7. The number of hydrogen-bond acceptors (Lipinski definition) is 3. The van der Waals surface area contributed by atoms with E-state index in [4.69, 9.17) is 23.2 Å². The minimum absolute atomic E-state index is 0.0194. The Morgan fingerprint density at radius 1 is 1.08 bits per heavy atom. The molecule has 0 saturated heterocycles. The van der Waals surface area contributed by atoms with Gasteiger partial charge in [0.2, 0.25) is 5.91 Å². The number of nitrogens with zero attached hydrogens (tertiary/aromatic N) is 1. The average Bonchev–Trinajstić information content (AvgIpc) is 3.32. The minimum Gasteiger partial charge on any atom is -0.326 e. The van der Waals surface area contributed by atoms with E-state index in [1.807, 2.05) is 0 Å². The van der Waals surface area contributed by atoms with Crippen LogP contribution < -0.4 is 5.32 Å². The van der Waals surface area contributed by atoms with E-state index in [0.29, 0.717) is 29.4 Å². The second kappa shape index (κ2) is 5.60. The van der Waals surface area contributed by atoms with Gasteiger partial charge in [-0.15, -0.1) is 23.2 Å². The molecule has 1 amide bonds. The summed E-state index contributed by atoms with van der Waals surface area (Å²) in [5.41, 5.74) is 0.624. The number of nitro benzene ring substituents is 1. The van der Waals surface area contributed by atoms with Crippen LogP contribution in [0.5, 0.6) is 0 Å². The molecule has 1 aromatic rings. The second-order valence-electron chi connectivity index (χ2n) is 7.19. The Kier molecular flexibility index (Phi) is 3.77. The molecule has 7 heteroatoms. The number of benzene rings is 1. The van der Waals surface area contributed by atoms with Crippen LogP contribution in [-0.2, 0) is 4.79 Å². The lowest BCUT2D eigenvalue weighted by atomic mass is 10.0. The third-order valence-corrected chi connectivity index (χ3v) is 7.09. The maximum Gasteiger partial charge on any atom is 0.269 e. The number of carbonyl (C=O) groups excluding carboxylic acids is 1. The highest BCUT2D eigenvalue weighted by atomic mass is 35.5. The van der Waals surface area contributed by atoms with E-state index >= 15 is 0 Å². The number of hydrogen-bond donors (Lipinski definition) is 1. The molecule has 0 heterocycles. The molecule has 24 heavy (non-hydrogen) atoms. The van der Waals surface area contributed by atoms with Crippen LogP contribution >= 0.6 is 23.2 Å². The first-order valence-corrected chi connectivity index (χ1v) is 9.08. The van der Waals surface area contributed by atoms with E-state index in [1.54, 1.807) is 12.1 Å². The van der Waals surface area contributed by atoms with Gasteiger partial charge in [-0.1, -0.05) is 0 Å². The van der Waals surface area contributed by atoms with E-state index < -0.39 is 9.26 Å². The maximum absolute atomic E-state index is 12.5. The van der Waals surface area contributed by atoms with Crippen molar-refractivity contribution in [3.8, 4) is 0 Å². The Labute approximate surface area is 149 Å². The number of carbonyl (C=O) groups is 1. The smallest absolute Gasteiger partial charge is 0.269 e. The molecule has 4 rings (SSSR count). The van der Waals surface area contributed by atoms with E-state index in [9.17, 15) is 14.9 Å². The van der Waals surface area contributed by atoms with Crippen molar-refractivity contribution in [2.24, 2.45) is 29.6 Å². The van der Waals surface area contributed by atoms with E-state index in [1.165, 1.54) is 12.1 Å². The maximum atomic E-state index is 12.5. The molecule has 3 fully saturated rings. The van der Waals surface area contributed by atoms with Gasteiger partial charge in [0.05, 0.1) is 4.92 Å². The van der Waals surface area contributed by atoms with Crippen molar-refractivity contribution >= 4 is 40.5 Å². The molecule has 1 unspecified atom stereocenters. The Hall–Kier alpha value is -1.33.